The van der Waals surface area contributed by atoms with E-state index >= 15 is 0 Å². The summed E-state index contributed by atoms with van der Waals surface area (Å²) in [5, 5.41) is 4.64. The molecule has 2 heterocycles. The largest absolute Gasteiger partial charge is 0.344 e. The molecule has 0 aromatic rings. The molecule has 1 atom stereocenters. The Morgan fingerprint density at radius 2 is 2.09 bits per heavy atom. The van der Waals surface area contributed by atoms with Gasteiger partial charge in [0.15, 0.2) is 0 Å². The summed E-state index contributed by atoms with van der Waals surface area (Å²) in [5.74, 6) is 0.0564. The molecule has 22 heavy (non-hydrogen) atoms. The zero-order valence-electron chi connectivity index (χ0n) is 13.7. The van der Waals surface area contributed by atoms with Crippen LogP contribution < -0.4 is 5.32 Å². The number of carbonyl (C=O) groups excluding carboxylic acids is 2. The Morgan fingerprint density at radius 3 is 2.64 bits per heavy atom. The fourth-order valence-electron chi connectivity index (χ4n) is 3.88. The highest BCUT2D eigenvalue weighted by molar-refractivity contribution is 5.87. The molecule has 3 rings (SSSR count). The third-order valence-corrected chi connectivity index (χ3v) is 5.56. The highest BCUT2D eigenvalue weighted by Gasteiger charge is 2.51. The van der Waals surface area contributed by atoms with Crippen LogP contribution in [0.4, 0.5) is 4.79 Å². The van der Waals surface area contributed by atoms with Gasteiger partial charge in [0.1, 0.15) is 6.04 Å². The van der Waals surface area contributed by atoms with E-state index in [2.05, 4.69) is 5.32 Å². The molecular weight excluding hydrogens is 284 g/mol. The maximum absolute atomic E-state index is 12.8. The predicted octanol–water partition coefficient (Wildman–Crippen LogP) is 0.274. The zero-order chi connectivity index (χ0) is 15.9. The van der Waals surface area contributed by atoms with Gasteiger partial charge < -0.3 is 15.1 Å². The van der Waals surface area contributed by atoms with Crippen molar-refractivity contribution >= 4 is 11.9 Å². The molecular formula is C15H26N4O3. The molecule has 3 aliphatic rings. The minimum absolute atomic E-state index is 0.0564. The molecule has 0 radical (unpaired) electrons. The van der Waals surface area contributed by atoms with Crippen LogP contribution in [0.15, 0.2) is 0 Å². The van der Waals surface area contributed by atoms with Gasteiger partial charge >= 0.3 is 6.03 Å². The average Bonchev–Trinajstić information content (AvgIpc) is 2.55. The lowest BCUT2D eigenvalue weighted by Crippen LogP contribution is -2.66. The van der Waals surface area contributed by atoms with Gasteiger partial charge in [-0.3, -0.25) is 9.63 Å². The molecule has 0 aromatic heterocycles. The molecule has 7 heteroatoms. The van der Waals surface area contributed by atoms with Gasteiger partial charge in [0, 0.05) is 33.2 Å². The first-order valence-electron chi connectivity index (χ1n) is 8.03. The van der Waals surface area contributed by atoms with Crippen molar-refractivity contribution in [3.8, 4) is 0 Å². The Hall–Kier alpha value is -1.34. The van der Waals surface area contributed by atoms with Crippen molar-refractivity contribution in [3.63, 3.8) is 0 Å². The van der Waals surface area contributed by atoms with Gasteiger partial charge in [0.05, 0.1) is 13.7 Å². The summed E-state index contributed by atoms with van der Waals surface area (Å²) < 4.78 is 0. The summed E-state index contributed by atoms with van der Waals surface area (Å²) in [4.78, 5) is 33.6. The molecule has 124 valence electrons. The Balaban J connectivity index is 1.62. The van der Waals surface area contributed by atoms with Crippen LogP contribution in [0.5, 0.6) is 0 Å². The molecule has 1 unspecified atom stereocenters. The van der Waals surface area contributed by atoms with Crippen molar-refractivity contribution in [2.24, 2.45) is 5.41 Å². The Labute approximate surface area is 131 Å². The number of hydroxylamine groups is 2. The van der Waals surface area contributed by atoms with Crippen LogP contribution in [0.1, 0.15) is 25.7 Å². The van der Waals surface area contributed by atoms with Gasteiger partial charge in [-0.2, -0.15) is 0 Å². The van der Waals surface area contributed by atoms with Gasteiger partial charge in [-0.25, -0.2) is 9.86 Å². The third-order valence-electron chi connectivity index (χ3n) is 5.56. The normalized spacial score (nSPS) is 28.1. The van der Waals surface area contributed by atoms with Crippen molar-refractivity contribution in [1.82, 2.24) is 20.2 Å². The first-order chi connectivity index (χ1) is 10.5. The molecule has 3 amide bonds. The van der Waals surface area contributed by atoms with E-state index in [0.29, 0.717) is 24.4 Å². The van der Waals surface area contributed by atoms with E-state index in [1.165, 1.54) is 17.1 Å². The maximum atomic E-state index is 12.8. The Morgan fingerprint density at radius 1 is 1.41 bits per heavy atom. The van der Waals surface area contributed by atoms with E-state index in [4.69, 9.17) is 4.84 Å². The number of hydrogen-bond donors (Lipinski definition) is 1. The standard InChI is InChI=1S/C15H26N4O3/c1-17(11-7-15(8-11)9-16-10-15)13(20)12-5-4-6-19(22-3)14(21)18(12)2/h11-12,16H,4-10H2,1-3H3. The van der Waals surface area contributed by atoms with Crippen LogP contribution in [0.3, 0.4) is 0 Å². The number of nitrogens with one attached hydrogen (secondary N) is 1. The number of urea groups is 1. The second kappa shape index (κ2) is 5.70. The third kappa shape index (κ3) is 2.46. The lowest BCUT2D eigenvalue weighted by atomic mass is 9.61. The first-order valence-corrected chi connectivity index (χ1v) is 8.03. The van der Waals surface area contributed by atoms with E-state index in [1.807, 2.05) is 11.9 Å². The number of likely N-dealkylation sites (N-methyl/N-ethyl adjacent to an activating group) is 2. The molecule has 2 aliphatic heterocycles. The molecule has 0 bridgehead atoms. The number of carbonyl (C=O) groups is 2. The molecule has 1 spiro atoms. The monoisotopic (exact) mass is 310 g/mol. The summed E-state index contributed by atoms with van der Waals surface area (Å²) in [6, 6.07) is -0.298. The lowest BCUT2D eigenvalue weighted by molar-refractivity contribution is -0.143. The second-order valence-electron chi connectivity index (χ2n) is 6.95. The Bertz CT molecular complexity index is 458. The number of hydrogen-bond acceptors (Lipinski definition) is 4. The molecule has 7 nitrogen and oxygen atoms in total. The molecule has 0 aromatic carbocycles. The van der Waals surface area contributed by atoms with Gasteiger partial charge in [0.2, 0.25) is 5.91 Å². The van der Waals surface area contributed by atoms with Crippen molar-refractivity contribution in [2.45, 2.75) is 37.8 Å². The highest BCUT2D eigenvalue weighted by atomic mass is 16.7. The number of amides is 3. The van der Waals surface area contributed by atoms with E-state index in [-0.39, 0.29) is 18.0 Å². The Kier molecular flexibility index (Phi) is 4.03. The zero-order valence-corrected chi connectivity index (χ0v) is 13.7. The molecule has 1 aliphatic carbocycles. The highest BCUT2D eigenvalue weighted by Crippen LogP contribution is 2.46. The van der Waals surface area contributed by atoms with Crippen LogP contribution in [-0.4, -0.2) is 79.7 Å². The van der Waals surface area contributed by atoms with Crippen LogP contribution in [-0.2, 0) is 9.63 Å². The maximum Gasteiger partial charge on any atom is 0.344 e. The topological polar surface area (TPSA) is 65.1 Å². The van der Waals surface area contributed by atoms with Crippen LogP contribution in [0.2, 0.25) is 0 Å². The van der Waals surface area contributed by atoms with Gasteiger partial charge in [0.25, 0.3) is 0 Å². The average molecular weight is 310 g/mol. The van der Waals surface area contributed by atoms with Gasteiger partial charge in [-0.15, -0.1) is 0 Å². The predicted molar refractivity (Wildman–Crippen MR) is 81.0 cm³/mol. The van der Waals surface area contributed by atoms with Gasteiger partial charge in [-0.05, 0) is 31.1 Å². The van der Waals surface area contributed by atoms with Crippen molar-refractivity contribution in [3.05, 3.63) is 0 Å². The number of nitrogens with zero attached hydrogens (tertiary/aromatic N) is 3. The molecule has 1 N–H and O–H groups in total. The minimum atomic E-state index is -0.381. The first kappa shape index (κ1) is 15.6. The van der Waals surface area contributed by atoms with Gasteiger partial charge in [-0.1, -0.05) is 0 Å². The number of rotatable bonds is 3. The van der Waals surface area contributed by atoms with Crippen molar-refractivity contribution in [2.75, 3.05) is 40.8 Å². The van der Waals surface area contributed by atoms with E-state index in [9.17, 15) is 9.59 Å². The summed E-state index contributed by atoms with van der Waals surface area (Å²) in [6.07, 6.45) is 3.62. The molecule has 2 saturated heterocycles. The van der Waals surface area contributed by atoms with E-state index < -0.39 is 0 Å². The van der Waals surface area contributed by atoms with E-state index in [1.54, 1.807) is 7.05 Å². The summed E-state index contributed by atoms with van der Waals surface area (Å²) in [6.45, 7) is 2.69. The molecule has 3 fully saturated rings. The summed E-state index contributed by atoms with van der Waals surface area (Å²) >= 11 is 0. The fraction of sp³-hybridized carbons (Fsp3) is 0.867. The van der Waals surface area contributed by atoms with Crippen molar-refractivity contribution < 1.29 is 14.4 Å². The second-order valence-corrected chi connectivity index (χ2v) is 6.95. The van der Waals surface area contributed by atoms with Crippen LogP contribution >= 0.6 is 0 Å². The quantitative estimate of drug-likeness (QED) is 0.813. The van der Waals surface area contributed by atoms with Crippen LogP contribution in [0.25, 0.3) is 0 Å². The van der Waals surface area contributed by atoms with Crippen LogP contribution in [0, 0.1) is 5.41 Å². The summed E-state index contributed by atoms with van der Waals surface area (Å²) in [5.41, 5.74) is 0.442. The SMILES string of the molecule is CON1CCCC(C(=O)N(C)C2CC3(CNC3)C2)N(C)C1=O. The minimum Gasteiger partial charge on any atom is -0.341 e. The van der Waals surface area contributed by atoms with Crippen molar-refractivity contribution in [1.29, 1.82) is 0 Å². The fourth-order valence-corrected chi connectivity index (χ4v) is 3.88. The van der Waals surface area contributed by atoms with E-state index in [0.717, 1.165) is 32.4 Å². The summed E-state index contributed by atoms with van der Waals surface area (Å²) in [7, 11) is 5.05. The smallest absolute Gasteiger partial charge is 0.341 e. The molecule has 1 saturated carbocycles. The lowest BCUT2D eigenvalue weighted by Gasteiger charge is -2.56.